The number of ether oxygens (including phenoxy) is 2. The van der Waals surface area contributed by atoms with Crippen LogP contribution in [0, 0.1) is 11.3 Å². The molecular weight excluding hydrogens is 521 g/mol. The van der Waals surface area contributed by atoms with E-state index >= 15 is 0 Å². The number of nitriles is 1. The number of methoxy groups -OCH3 is 1. The molecule has 1 heterocycles. The number of aromatic nitrogens is 1. The number of hydrogen-bond donors (Lipinski definition) is 1. The Kier molecular flexibility index (Phi) is 7.62. The molecule has 1 aliphatic rings. The molecule has 190 valence electrons. The van der Waals surface area contributed by atoms with Gasteiger partial charge in [0.15, 0.2) is 5.82 Å². The molecule has 0 fully saturated rings. The highest BCUT2D eigenvalue weighted by Gasteiger charge is 2.30. The van der Waals surface area contributed by atoms with Crippen molar-refractivity contribution in [2.24, 2.45) is 0 Å². The second-order valence-corrected chi connectivity index (χ2v) is 9.68. The van der Waals surface area contributed by atoms with Gasteiger partial charge < -0.3 is 9.47 Å². The highest BCUT2D eigenvalue weighted by atomic mass is 35.5. The number of nitrogens with one attached hydrogen (secondary N) is 1. The molecule has 38 heavy (non-hydrogen) atoms. The summed E-state index contributed by atoms with van der Waals surface area (Å²) < 4.78 is 10.9. The monoisotopic (exact) mass is 543 g/mol. The fourth-order valence-electron chi connectivity index (χ4n) is 4.85. The number of fused-ring (bicyclic) bond motifs is 3. The number of anilines is 1. The van der Waals surface area contributed by atoms with Gasteiger partial charge in [0, 0.05) is 24.8 Å². The van der Waals surface area contributed by atoms with Crippen LogP contribution in [-0.2, 0) is 15.9 Å². The van der Waals surface area contributed by atoms with Crippen LogP contribution in [0.25, 0.3) is 11.1 Å². The molecule has 3 aromatic carbocycles. The van der Waals surface area contributed by atoms with Crippen molar-refractivity contribution < 1.29 is 14.3 Å². The summed E-state index contributed by atoms with van der Waals surface area (Å²) in [7, 11) is 1.56. The van der Waals surface area contributed by atoms with E-state index in [0.29, 0.717) is 16.5 Å². The van der Waals surface area contributed by atoms with Crippen LogP contribution in [0.4, 0.5) is 10.6 Å². The summed E-state index contributed by atoms with van der Waals surface area (Å²) in [5.74, 6) is 0.155. The van der Waals surface area contributed by atoms with Gasteiger partial charge in [-0.05, 0) is 46.4 Å². The van der Waals surface area contributed by atoms with Crippen molar-refractivity contribution in [2.75, 3.05) is 19.0 Å². The van der Waals surface area contributed by atoms with E-state index in [2.05, 4.69) is 16.4 Å². The van der Waals surface area contributed by atoms with Gasteiger partial charge in [0.2, 0.25) is 0 Å². The van der Waals surface area contributed by atoms with Gasteiger partial charge in [-0.1, -0.05) is 83.9 Å². The third-order valence-electron chi connectivity index (χ3n) is 6.69. The van der Waals surface area contributed by atoms with Gasteiger partial charge >= 0.3 is 6.09 Å². The van der Waals surface area contributed by atoms with Crippen molar-refractivity contribution in [3.63, 3.8) is 0 Å². The predicted molar refractivity (Wildman–Crippen MR) is 148 cm³/mol. The van der Waals surface area contributed by atoms with Crippen LogP contribution in [0.1, 0.15) is 39.8 Å². The number of carbonyl (C=O) groups is 1. The fourth-order valence-corrected chi connectivity index (χ4v) is 5.16. The van der Waals surface area contributed by atoms with Gasteiger partial charge in [0.05, 0.1) is 10.0 Å². The largest absolute Gasteiger partial charge is 0.446 e. The molecule has 2 unspecified atom stereocenters. The minimum Gasteiger partial charge on any atom is -0.446 e. The number of carbonyl (C=O) groups excluding carboxylic acids is 1. The topological polar surface area (TPSA) is 84.2 Å². The summed E-state index contributed by atoms with van der Waals surface area (Å²) in [6.07, 6.45) is 1.18. The average molecular weight is 544 g/mol. The SMILES string of the molecule is COC(COC(=O)Nc1ncc2c(c1C#N)-c1ccccc1C(c1ccc(Cl)c(Cl)c1)C2)c1ccccc1. The first-order valence-electron chi connectivity index (χ1n) is 12.0. The number of rotatable bonds is 6. The minimum atomic E-state index is -0.718. The number of hydrogen-bond acceptors (Lipinski definition) is 5. The van der Waals surface area contributed by atoms with Crippen LogP contribution in [-0.4, -0.2) is 24.8 Å². The molecule has 0 radical (unpaired) electrons. The van der Waals surface area contributed by atoms with Crippen LogP contribution < -0.4 is 5.32 Å². The number of nitrogens with zero attached hydrogens (tertiary/aromatic N) is 2. The quantitative estimate of drug-likeness (QED) is 0.271. The summed E-state index contributed by atoms with van der Waals surface area (Å²) in [4.78, 5) is 17.1. The molecule has 0 spiro atoms. The van der Waals surface area contributed by atoms with Gasteiger partial charge in [0.25, 0.3) is 0 Å². The molecule has 4 aromatic rings. The first-order valence-corrected chi connectivity index (χ1v) is 12.7. The van der Waals surface area contributed by atoms with Crippen LogP contribution >= 0.6 is 23.2 Å². The third kappa shape index (κ3) is 5.09. The Bertz CT molecular complexity index is 1540. The first kappa shape index (κ1) is 25.7. The summed E-state index contributed by atoms with van der Waals surface area (Å²) >= 11 is 12.5. The summed E-state index contributed by atoms with van der Waals surface area (Å²) in [6.45, 7) is 0.00728. The van der Waals surface area contributed by atoms with Crippen LogP contribution in [0.3, 0.4) is 0 Å². The zero-order valence-corrected chi connectivity index (χ0v) is 22.0. The van der Waals surface area contributed by atoms with Crippen LogP contribution in [0.2, 0.25) is 10.0 Å². The highest BCUT2D eigenvalue weighted by molar-refractivity contribution is 6.42. The van der Waals surface area contributed by atoms with Crippen LogP contribution in [0.5, 0.6) is 0 Å². The normalized spacial score (nSPS) is 14.5. The summed E-state index contributed by atoms with van der Waals surface area (Å²) in [5, 5.41) is 13.8. The Morgan fingerprint density at radius 1 is 1.11 bits per heavy atom. The van der Waals surface area contributed by atoms with Gasteiger partial charge in [-0.25, -0.2) is 9.78 Å². The summed E-state index contributed by atoms with van der Waals surface area (Å²) in [5.41, 5.74) is 5.81. The van der Waals surface area contributed by atoms with E-state index in [1.54, 1.807) is 19.4 Å². The second kappa shape index (κ2) is 11.2. The minimum absolute atomic E-state index is 0.00728. The van der Waals surface area contributed by atoms with Gasteiger partial charge in [0.1, 0.15) is 24.3 Å². The zero-order valence-electron chi connectivity index (χ0n) is 20.4. The van der Waals surface area contributed by atoms with E-state index in [0.717, 1.165) is 33.4 Å². The predicted octanol–water partition coefficient (Wildman–Crippen LogP) is 7.55. The van der Waals surface area contributed by atoms with E-state index in [4.69, 9.17) is 32.7 Å². The molecule has 1 N–H and O–H groups in total. The lowest BCUT2D eigenvalue weighted by molar-refractivity contribution is 0.0387. The van der Waals surface area contributed by atoms with Crippen molar-refractivity contribution >= 4 is 35.1 Å². The van der Waals surface area contributed by atoms with E-state index in [9.17, 15) is 10.1 Å². The Balaban J connectivity index is 1.42. The van der Waals surface area contributed by atoms with E-state index in [-0.39, 0.29) is 23.9 Å². The molecular formula is C30H23Cl2N3O3. The third-order valence-corrected chi connectivity index (χ3v) is 7.43. The number of halogens is 2. The first-order chi connectivity index (χ1) is 18.5. The van der Waals surface area contributed by atoms with Crippen molar-refractivity contribution in [3.8, 4) is 17.2 Å². The maximum Gasteiger partial charge on any atom is 0.412 e. The molecule has 0 saturated carbocycles. The van der Waals surface area contributed by atoms with Gasteiger partial charge in [-0.15, -0.1) is 0 Å². The van der Waals surface area contributed by atoms with E-state index in [1.807, 2.05) is 66.7 Å². The molecule has 0 bridgehead atoms. The van der Waals surface area contributed by atoms with Gasteiger partial charge in [-0.2, -0.15) is 5.26 Å². The molecule has 0 aliphatic heterocycles. The van der Waals surface area contributed by atoms with Crippen molar-refractivity contribution in [3.05, 3.63) is 117 Å². The highest BCUT2D eigenvalue weighted by Crippen LogP contribution is 2.45. The molecule has 6 nitrogen and oxygen atoms in total. The molecule has 1 amide bonds. The molecule has 1 aliphatic carbocycles. The lowest BCUT2D eigenvalue weighted by Crippen LogP contribution is -2.21. The molecule has 8 heteroatoms. The van der Waals surface area contributed by atoms with Crippen molar-refractivity contribution in [1.82, 2.24) is 4.98 Å². The second-order valence-electron chi connectivity index (χ2n) is 8.87. The maximum absolute atomic E-state index is 12.7. The lowest BCUT2D eigenvalue weighted by Gasteiger charge is -2.29. The average Bonchev–Trinajstić information content (AvgIpc) is 2.95. The Morgan fingerprint density at radius 3 is 2.61 bits per heavy atom. The zero-order chi connectivity index (χ0) is 26.6. The number of pyridine rings is 1. The Morgan fingerprint density at radius 2 is 1.87 bits per heavy atom. The molecule has 1 aromatic heterocycles. The van der Waals surface area contributed by atoms with Crippen molar-refractivity contribution in [1.29, 1.82) is 5.26 Å². The lowest BCUT2D eigenvalue weighted by atomic mass is 9.75. The van der Waals surface area contributed by atoms with E-state index in [1.165, 1.54) is 0 Å². The fraction of sp³-hybridized carbons (Fsp3) is 0.167. The molecule has 0 saturated heterocycles. The summed E-state index contributed by atoms with van der Waals surface area (Å²) in [6, 6.07) is 25.3. The van der Waals surface area contributed by atoms with Gasteiger partial charge in [-0.3, -0.25) is 5.32 Å². The Labute approximate surface area is 230 Å². The van der Waals surface area contributed by atoms with E-state index < -0.39 is 12.2 Å². The number of benzene rings is 3. The maximum atomic E-state index is 12.7. The standard InChI is InChI=1S/C30H23Cl2N3O3/c1-37-27(18-7-3-2-4-8-18)17-38-30(36)35-29-24(15-33)28-20(16-34-29)13-23(21-9-5-6-10-22(21)28)19-11-12-25(31)26(32)14-19/h2-12,14,16,23,27H,13,17H2,1H3,(H,34,35,36). The van der Waals surface area contributed by atoms with Crippen molar-refractivity contribution in [2.45, 2.75) is 18.4 Å². The molecule has 2 atom stereocenters. The van der Waals surface area contributed by atoms with Crippen LogP contribution in [0.15, 0.2) is 79.0 Å². The Hall–Kier alpha value is -3.89. The molecule has 5 rings (SSSR count). The smallest absolute Gasteiger partial charge is 0.412 e. The number of amides is 1.